The van der Waals surface area contributed by atoms with Crippen LogP contribution in [-0.4, -0.2) is 13.4 Å². The van der Waals surface area contributed by atoms with Crippen LogP contribution >= 0.6 is 11.3 Å². The molecule has 0 aliphatic heterocycles. The summed E-state index contributed by atoms with van der Waals surface area (Å²) in [7, 11) is -3.64. The maximum atomic E-state index is 12.8. The Bertz CT molecular complexity index is 1240. The lowest BCUT2D eigenvalue weighted by Gasteiger charge is -2.13. The molecule has 1 N–H and O–H groups in total. The number of anilines is 1. The summed E-state index contributed by atoms with van der Waals surface area (Å²) >= 11 is 1.62. The van der Waals surface area contributed by atoms with Gasteiger partial charge in [0.05, 0.1) is 15.1 Å². The van der Waals surface area contributed by atoms with E-state index in [0.717, 1.165) is 37.5 Å². The van der Waals surface area contributed by atoms with Crippen LogP contribution in [0.1, 0.15) is 16.7 Å². The number of sulfonamides is 1. The highest BCUT2D eigenvalue weighted by molar-refractivity contribution is 7.92. The number of hydrogen-bond donors (Lipinski definition) is 1. The number of aromatic nitrogens is 1. The molecule has 6 heteroatoms. The van der Waals surface area contributed by atoms with Gasteiger partial charge in [0.1, 0.15) is 5.01 Å². The van der Waals surface area contributed by atoms with Gasteiger partial charge in [-0.1, -0.05) is 18.2 Å². The third-order valence-corrected chi connectivity index (χ3v) is 7.37. The third kappa shape index (κ3) is 3.53. The van der Waals surface area contributed by atoms with Crippen LogP contribution in [0.2, 0.25) is 0 Å². The molecule has 0 aliphatic rings. The van der Waals surface area contributed by atoms with E-state index in [1.807, 2.05) is 63.2 Å². The molecule has 3 aromatic carbocycles. The van der Waals surface area contributed by atoms with Crippen molar-refractivity contribution < 1.29 is 8.42 Å². The van der Waals surface area contributed by atoms with Gasteiger partial charge in [-0.15, -0.1) is 11.3 Å². The van der Waals surface area contributed by atoms with Crippen LogP contribution in [0.15, 0.2) is 65.6 Å². The van der Waals surface area contributed by atoms with Crippen LogP contribution in [-0.2, 0) is 10.0 Å². The summed E-state index contributed by atoms with van der Waals surface area (Å²) in [4.78, 5) is 4.96. The van der Waals surface area contributed by atoms with E-state index >= 15 is 0 Å². The minimum absolute atomic E-state index is 0.311. The molecule has 1 heterocycles. The maximum absolute atomic E-state index is 12.8. The van der Waals surface area contributed by atoms with Gasteiger partial charge < -0.3 is 0 Å². The summed E-state index contributed by atoms with van der Waals surface area (Å²) in [6, 6.07) is 19.0. The van der Waals surface area contributed by atoms with Gasteiger partial charge >= 0.3 is 0 Å². The number of nitrogens with zero attached hydrogens (tertiary/aromatic N) is 1. The Morgan fingerprint density at radius 2 is 1.54 bits per heavy atom. The second-order valence-electron chi connectivity index (χ2n) is 6.87. The highest BCUT2D eigenvalue weighted by Gasteiger charge is 2.18. The quantitative estimate of drug-likeness (QED) is 0.472. The Morgan fingerprint density at radius 1 is 0.857 bits per heavy atom. The molecule has 0 atom stereocenters. The van der Waals surface area contributed by atoms with Gasteiger partial charge in [-0.25, -0.2) is 13.4 Å². The lowest BCUT2D eigenvalue weighted by Crippen LogP contribution is -2.14. The summed E-state index contributed by atoms with van der Waals surface area (Å²) in [5.74, 6) is 0. The Hall–Kier alpha value is -2.70. The van der Waals surface area contributed by atoms with Crippen LogP contribution in [0, 0.1) is 20.8 Å². The summed E-state index contributed by atoms with van der Waals surface area (Å²) in [6.45, 7) is 5.71. The van der Waals surface area contributed by atoms with Crippen molar-refractivity contribution in [1.82, 2.24) is 4.98 Å². The van der Waals surface area contributed by atoms with E-state index in [-0.39, 0.29) is 0 Å². The van der Waals surface area contributed by atoms with Gasteiger partial charge in [0.15, 0.2) is 0 Å². The van der Waals surface area contributed by atoms with E-state index in [0.29, 0.717) is 10.6 Å². The fourth-order valence-corrected chi connectivity index (χ4v) is 5.45. The van der Waals surface area contributed by atoms with Crippen LogP contribution < -0.4 is 4.72 Å². The molecule has 1 aromatic heterocycles. The van der Waals surface area contributed by atoms with Gasteiger partial charge in [-0.05, 0) is 79.9 Å². The molecule has 0 fully saturated rings. The van der Waals surface area contributed by atoms with E-state index in [9.17, 15) is 8.42 Å². The summed E-state index contributed by atoms with van der Waals surface area (Å²) in [5, 5.41) is 0.917. The van der Waals surface area contributed by atoms with Crippen molar-refractivity contribution >= 4 is 37.3 Å². The number of hydrogen-bond acceptors (Lipinski definition) is 4. The van der Waals surface area contributed by atoms with Crippen LogP contribution in [0.3, 0.4) is 0 Å². The van der Waals surface area contributed by atoms with Crippen LogP contribution in [0.25, 0.3) is 20.8 Å². The topological polar surface area (TPSA) is 59.1 Å². The lowest BCUT2D eigenvalue weighted by molar-refractivity contribution is 0.600. The zero-order chi connectivity index (χ0) is 19.9. The Morgan fingerprint density at radius 3 is 2.25 bits per heavy atom. The van der Waals surface area contributed by atoms with Crippen molar-refractivity contribution in [2.45, 2.75) is 25.7 Å². The summed E-state index contributed by atoms with van der Waals surface area (Å²) < 4.78 is 29.5. The fraction of sp³-hybridized carbons (Fsp3) is 0.136. The first-order chi connectivity index (χ1) is 13.3. The van der Waals surface area contributed by atoms with E-state index in [1.54, 1.807) is 29.5 Å². The summed E-state index contributed by atoms with van der Waals surface area (Å²) in [6.07, 6.45) is 0. The lowest BCUT2D eigenvalue weighted by atomic mass is 10.1. The highest BCUT2D eigenvalue weighted by atomic mass is 32.2. The molecule has 4 aromatic rings. The van der Waals surface area contributed by atoms with Crippen molar-refractivity contribution in [1.29, 1.82) is 0 Å². The number of fused-ring (bicyclic) bond motifs is 1. The standard InChI is InChI=1S/C22H20N2O2S2/c1-14-12-16(3)21(13-15(14)2)28(25,26)24-18-10-8-17(9-11-18)22-23-19-6-4-5-7-20(19)27-22/h4-13,24H,1-3H3. The number of rotatable bonds is 4. The normalized spacial score (nSPS) is 11.7. The Balaban J connectivity index is 1.61. The molecule has 0 radical (unpaired) electrons. The largest absolute Gasteiger partial charge is 0.280 e. The first kappa shape index (κ1) is 18.7. The zero-order valence-electron chi connectivity index (χ0n) is 15.9. The number of para-hydroxylation sites is 1. The molecule has 0 unspecified atom stereocenters. The predicted octanol–water partition coefficient (Wildman–Crippen LogP) is 5.69. The number of aryl methyl sites for hydroxylation is 3. The van der Waals surface area contributed by atoms with Gasteiger partial charge in [-0.3, -0.25) is 4.72 Å². The van der Waals surface area contributed by atoms with Crippen molar-refractivity contribution in [2.24, 2.45) is 0 Å². The van der Waals surface area contributed by atoms with Crippen molar-refractivity contribution in [3.8, 4) is 10.6 Å². The molecule has 0 spiro atoms. The number of nitrogens with one attached hydrogen (secondary N) is 1. The minimum atomic E-state index is -3.64. The predicted molar refractivity (Wildman–Crippen MR) is 117 cm³/mol. The molecule has 0 bridgehead atoms. The van der Waals surface area contributed by atoms with E-state index in [4.69, 9.17) is 0 Å². The molecule has 0 saturated carbocycles. The van der Waals surface area contributed by atoms with Crippen molar-refractivity contribution in [3.63, 3.8) is 0 Å². The van der Waals surface area contributed by atoms with Crippen molar-refractivity contribution in [2.75, 3.05) is 4.72 Å². The van der Waals surface area contributed by atoms with E-state index in [2.05, 4.69) is 9.71 Å². The smallest absolute Gasteiger partial charge is 0.262 e. The summed E-state index contributed by atoms with van der Waals surface area (Å²) in [5.41, 5.74) is 5.24. The molecule has 142 valence electrons. The zero-order valence-corrected chi connectivity index (χ0v) is 17.5. The second kappa shape index (κ2) is 7.04. The average molecular weight is 409 g/mol. The van der Waals surface area contributed by atoms with E-state index in [1.165, 1.54) is 0 Å². The number of thiazole rings is 1. The highest BCUT2D eigenvalue weighted by Crippen LogP contribution is 2.31. The second-order valence-corrected chi connectivity index (χ2v) is 9.55. The number of benzene rings is 3. The molecule has 0 aliphatic carbocycles. The van der Waals surface area contributed by atoms with E-state index < -0.39 is 10.0 Å². The Labute approximate surface area is 168 Å². The molecule has 0 saturated heterocycles. The third-order valence-electron chi connectivity index (χ3n) is 4.76. The van der Waals surface area contributed by atoms with Gasteiger partial charge in [0.25, 0.3) is 10.0 Å². The molecule has 4 rings (SSSR count). The minimum Gasteiger partial charge on any atom is -0.280 e. The first-order valence-corrected chi connectivity index (χ1v) is 11.2. The van der Waals surface area contributed by atoms with Crippen LogP contribution in [0.4, 0.5) is 5.69 Å². The van der Waals surface area contributed by atoms with Gasteiger partial charge in [-0.2, -0.15) is 0 Å². The molecular weight excluding hydrogens is 388 g/mol. The van der Waals surface area contributed by atoms with Gasteiger partial charge in [0, 0.05) is 11.3 Å². The molecular formula is C22H20N2O2S2. The molecule has 28 heavy (non-hydrogen) atoms. The monoisotopic (exact) mass is 408 g/mol. The van der Waals surface area contributed by atoms with Gasteiger partial charge in [0.2, 0.25) is 0 Å². The van der Waals surface area contributed by atoms with Crippen LogP contribution in [0.5, 0.6) is 0 Å². The maximum Gasteiger partial charge on any atom is 0.262 e. The SMILES string of the molecule is Cc1cc(C)c(S(=O)(=O)Nc2ccc(-c3nc4ccccc4s3)cc2)cc1C. The average Bonchev–Trinajstić information content (AvgIpc) is 3.09. The molecule has 4 nitrogen and oxygen atoms in total. The fourth-order valence-electron chi connectivity index (χ4n) is 3.11. The van der Waals surface area contributed by atoms with Crippen molar-refractivity contribution in [3.05, 3.63) is 77.4 Å². The Kier molecular flexibility index (Phi) is 4.69. The molecule has 0 amide bonds. The first-order valence-electron chi connectivity index (χ1n) is 8.90.